The average molecular weight is 471 g/mol. The largest absolute Gasteiger partial charge is 0.390 e. The summed E-state index contributed by atoms with van der Waals surface area (Å²) in [6.07, 6.45) is 5.69. The Morgan fingerprint density at radius 1 is 0.857 bits per heavy atom. The number of piperidine rings is 1. The number of anilines is 4. The lowest BCUT2D eigenvalue weighted by Crippen LogP contribution is -2.55. The molecule has 2 fully saturated rings. The zero-order valence-corrected chi connectivity index (χ0v) is 20.2. The molecule has 7 heteroatoms. The standard InChI is InChI=1S/C28H34N6O/c35-26-19-34(16-12-25(26)33-15-11-21-7-1-2-8-22(21)18-33)28-17-27(29-20-30-28)31-23-9-3-4-10-24(23)32-13-5-6-14-32/h1-4,7-10,17,20,25-26,35H,5-6,11-16,18-19H2,(H,29,30,31). The van der Waals surface area contributed by atoms with Crippen molar-refractivity contribution in [1.82, 2.24) is 14.9 Å². The third kappa shape index (κ3) is 4.70. The van der Waals surface area contributed by atoms with Crippen LogP contribution in [-0.2, 0) is 13.0 Å². The minimum atomic E-state index is -0.406. The summed E-state index contributed by atoms with van der Waals surface area (Å²) >= 11 is 0. The van der Waals surface area contributed by atoms with Crippen molar-refractivity contribution in [3.05, 3.63) is 72.1 Å². The number of fused-ring (bicyclic) bond motifs is 1. The molecule has 182 valence electrons. The fourth-order valence-electron chi connectivity index (χ4n) is 5.89. The molecular formula is C28H34N6O. The fourth-order valence-corrected chi connectivity index (χ4v) is 5.89. The Morgan fingerprint density at radius 3 is 2.51 bits per heavy atom. The second-order valence-electron chi connectivity index (χ2n) is 9.96. The molecule has 0 spiro atoms. The van der Waals surface area contributed by atoms with E-state index in [2.05, 4.69) is 78.5 Å². The number of aliphatic hydroxyl groups excluding tert-OH is 1. The minimum absolute atomic E-state index is 0.186. The van der Waals surface area contributed by atoms with Crippen LogP contribution in [0.25, 0.3) is 0 Å². The summed E-state index contributed by atoms with van der Waals surface area (Å²) in [5.74, 6) is 1.65. The lowest BCUT2D eigenvalue weighted by atomic mass is 9.94. The van der Waals surface area contributed by atoms with Gasteiger partial charge in [0.1, 0.15) is 18.0 Å². The maximum Gasteiger partial charge on any atom is 0.135 e. The molecule has 1 aromatic heterocycles. The topological polar surface area (TPSA) is 67.8 Å². The van der Waals surface area contributed by atoms with Gasteiger partial charge in [0.15, 0.2) is 0 Å². The van der Waals surface area contributed by atoms with Crippen LogP contribution in [0, 0.1) is 0 Å². The van der Waals surface area contributed by atoms with Crippen LogP contribution in [0.5, 0.6) is 0 Å². The molecule has 0 bridgehead atoms. The van der Waals surface area contributed by atoms with E-state index in [4.69, 9.17) is 0 Å². The quantitative estimate of drug-likeness (QED) is 0.588. The Hall–Kier alpha value is -3.16. The Bertz CT molecular complexity index is 1160. The molecule has 35 heavy (non-hydrogen) atoms. The normalized spacial score (nSPS) is 22.8. The van der Waals surface area contributed by atoms with E-state index < -0.39 is 6.10 Å². The molecular weight excluding hydrogens is 436 g/mol. The van der Waals surface area contributed by atoms with Crippen molar-refractivity contribution < 1.29 is 5.11 Å². The number of nitrogens with one attached hydrogen (secondary N) is 1. The Labute approximate surface area is 207 Å². The number of hydrogen-bond donors (Lipinski definition) is 2. The minimum Gasteiger partial charge on any atom is -0.390 e. The molecule has 2 atom stereocenters. The van der Waals surface area contributed by atoms with Crippen molar-refractivity contribution >= 4 is 23.0 Å². The van der Waals surface area contributed by atoms with Crippen LogP contribution in [0.15, 0.2) is 60.9 Å². The lowest BCUT2D eigenvalue weighted by molar-refractivity contribution is 0.0293. The first-order chi connectivity index (χ1) is 17.2. The van der Waals surface area contributed by atoms with Crippen molar-refractivity contribution in [2.24, 2.45) is 0 Å². The van der Waals surface area contributed by atoms with Gasteiger partial charge in [-0.25, -0.2) is 9.97 Å². The van der Waals surface area contributed by atoms with Gasteiger partial charge in [0.2, 0.25) is 0 Å². The van der Waals surface area contributed by atoms with Gasteiger partial charge in [0.25, 0.3) is 0 Å². The van der Waals surface area contributed by atoms with E-state index in [9.17, 15) is 5.11 Å². The van der Waals surface area contributed by atoms with E-state index in [-0.39, 0.29) is 6.04 Å². The molecule has 4 heterocycles. The molecule has 0 saturated carbocycles. The SMILES string of the molecule is OC1CN(c2cc(Nc3ccccc3N3CCCC3)ncn2)CCC1N1CCc2ccccc2C1. The first-order valence-corrected chi connectivity index (χ1v) is 12.9. The molecule has 6 rings (SSSR count). The summed E-state index contributed by atoms with van der Waals surface area (Å²) in [5.41, 5.74) is 5.14. The van der Waals surface area contributed by atoms with Crippen molar-refractivity contribution in [3.63, 3.8) is 0 Å². The summed E-state index contributed by atoms with van der Waals surface area (Å²) in [4.78, 5) is 16.1. The molecule has 2 N–H and O–H groups in total. The monoisotopic (exact) mass is 470 g/mol. The van der Waals surface area contributed by atoms with E-state index >= 15 is 0 Å². The summed E-state index contributed by atoms with van der Waals surface area (Å²) in [6.45, 7) is 5.60. The number of nitrogens with zero attached hydrogens (tertiary/aromatic N) is 5. The number of aromatic nitrogens is 2. The summed E-state index contributed by atoms with van der Waals surface area (Å²) in [7, 11) is 0. The number of para-hydroxylation sites is 2. The van der Waals surface area contributed by atoms with Gasteiger partial charge in [-0.2, -0.15) is 0 Å². The molecule has 0 amide bonds. The van der Waals surface area contributed by atoms with Crippen molar-refractivity contribution in [1.29, 1.82) is 0 Å². The molecule has 2 aromatic carbocycles. The molecule has 3 aliphatic heterocycles. The van der Waals surface area contributed by atoms with Gasteiger partial charge in [0, 0.05) is 51.4 Å². The van der Waals surface area contributed by atoms with Gasteiger partial charge in [-0.15, -0.1) is 0 Å². The maximum absolute atomic E-state index is 11.1. The Balaban J connectivity index is 1.13. The second kappa shape index (κ2) is 9.84. The molecule has 7 nitrogen and oxygen atoms in total. The lowest BCUT2D eigenvalue weighted by Gasteiger charge is -2.43. The van der Waals surface area contributed by atoms with E-state index in [0.29, 0.717) is 6.54 Å². The second-order valence-corrected chi connectivity index (χ2v) is 9.96. The zero-order valence-electron chi connectivity index (χ0n) is 20.2. The van der Waals surface area contributed by atoms with Crippen molar-refractivity contribution in [2.75, 3.05) is 47.8 Å². The molecule has 2 unspecified atom stereocenters. The van der Waals surface area contributed by atoms with Gasteiger partial charge >= 0.3 is 0 Å². The van der Waals surface area contributed by atoms with Crippen LogP contribution in [0.4, 0.5) is 23.0 Å². The van der Waals surface area contributed by atoms with Crippen LogP contribution in [0.2, 0.25) is 0 Å². The van der Waals surface area contributed by atoms with Crippen LogP contribution < -0.4 is 15.1 Å². The fraction of sp³-hybridized carbons (Fsp3) is 0.429. The highest BCUT2D eigenvalue weighted by Gasteiger charge is 2.34. The van der Waals surface area contributed by atoms with Crippen LogP contribution in [-0.4, -0.2) is 64.8 Å². The van der Waals surface area contributed by atoms with Crippen LogP contribution in [0.1, 0.15) is 30.4 Å². The predicted octanol–water partition coefficient (Wildman–Crippen LogP) is 3.82. The summed E-state index contributed by atoms with van der Waals surface area (Å²) in [5, 5.41) is 14.6. The zero-order chi connectivity index (χ0) is 23.6. The van der Waals surface area contributed by atoms with E-state index in [1.54, 1.807) is 6.33 Å². The number of rotatable bonds is 5. The van der Waals surface area contributed by atoms with E-state index in [0.717, 1.165) is 62.9 Å². The predicted molar refractivity (Wildman–Crippen MR) is 140 cm³/mol. The van der Waals surface area contributed by atoms with E-state index in [1.165, 1.54) is 29.7 Å². The number of hydrogen-bond acceptors (Lipinski definition) is 7. The third-order valence-electron chi connectivity index (χ3n) is 7.77. The molecule has 0 aliphatic carbocycles. The smallest absolute Gasteiger partial charge is 0.135 e. The van der Waals surface area contributed by atoms with Gasteiger partial charge in [0.05, 0.1) is 17.5 Å². The van der Waals surface area contributed by atoms with Crippen LogP contribution >= 0.6 is 0 Å². The van der Waals surface area contributed by atoms with Crippen molar-refractivity contribution in [3.8, 4) is 0 Å². The number of aliphatic hydroxyl groups is 1. The van der Waals surface area contributed by atoms with Gasteiger partial charge < -0.3 is 20.2 Å². The van der Waals surface area contributed by atoms with Crippen molar-refractivity contribution in [2.45, 2.75) is 44.4 Å². The molecule has 0 radical (unpaired) electrons. The highest BCUT2D eigenvalue weighted by atomic mass is 16.3. The molecule has 3 aromatic rings. The highest BCUT2D eigenvalue weighted by Crippen LogP contribution is 2.32. The summed E-state index contributed by atoms with van der Waals surface area (Å²) < 4.78 is 0. The first-order valence-electron chi connectivity index (χ1n) is 12.9. The maximum atomic E-state index is 11.1. The highest BCUT2D eigenvalue weighted by molar-refractivity contribution is 5.75. The third-order valence-corrected chi connectivity index (χ3v) is 7.77. The van der Waals surface area contributed by atoms with Gasteiger partial charge in [-0.3, -0.25) is 4.90 Å². The van der Waals surface area contributed by atoms with E-state index in [1.807, 2.05) is 6.07 Å². The molecule has 2 saturated heterocycles. The van der Waals surface area contributed by atoms with Crippen LogP contribution in [0.3, 0.4) is 0 Å². The molecule has 3 aliphatic rings. The first kappa shape index (κ1) is 22.3. The number of benzene rings is 2. The Morgan fingerprint density at radius 2 is 1.66 bits per heavy atom. The summed E-state index contributed by atoms with van der Waals surface area (Å²) in [6, 6.07) is 19.3. The van der Waals surface area contributed by atoms with Gasteiger partial charge in [-0.1, -0.05) is 36.4 Å². The number of β-amino-alcohol motifs (C(OH)–C–C–N with tert-alkyl or cyclic N) is 1. The Kier molecular flexibility index (Phi) is 6.27. The average Bonchev–Trinajstić information content (AvgIpc) is 3.44. The van der Waals surface area contributed by atoms with Gasteiger partial charge in [-0.05, 0) is 48.9 Å².